The van der Waals surface area contributed by atoms with E-state index in [9.17, 15) is 21.6 Å². The van der Waals surface area contributed by atoms with Crippen molar-refractivity contribution in [3.63, 3.8) is 0 Å². The summed E-state index contributed by atoms with van der Waals surface area (Å²) in [5.74, 6) is -0.575. The Morgan fingerprint density at radius 3 is 2.30 bits per heavy atom. The van der Waals surface area contributed by atoms with Crippen molar-refractivity contribution in [3.05, 3.63) is 40.3 Å². The molecule has 1 aromatic carbocycles. The van der Waals surface area contributed by atoms with Gasteiger partial charge in [0.05, 0.1) is 15.5 Å². The van der Waals surface area contributed by atoms with E-state index in [4.69, 9.17) is 23.2 Å². The molecule has 0 aliphatic rings. The van der Waals surface area contributed by atoms with Crippen molar-refractivity contribution < 1.29 is 21.6 Å². The summed E-state index contributed by atoms with van der Waals surface area (Å²) in [6, 6.07) is 3.95. The summed E-state index contributed by atoms with van der Waals surface area (Å²) < 4.78 is 65.1. The second-order valence-corrected chi connectivity index (χ2v) is 9.62. The predicted octanol–water partition coefficient (Wildman–Crippen LogP) is 5.09. The first kappa shape index (κ1) is 21.5. The van der Waals surface area contributed by atoms with Gasteiger partial charge in [0.1, 0.15) is 11.4 Å². The average molecular weight is 443 g/mol. The smallest absolute Gasteiger partial charge is 0.340 e. The SMILES string of the molecule is CC(C)(C)S(=O)(=O)Nc1cc(Nc2nc(Cl)ncc2C(F)(F)F)ccc1Cl. The number of halogens is 5. The number of hydrogen-bond donors (Lipinski definition) is 2. The third-order valence-electron chi connectivity index (χ3n) is 3.34. The minimum Gasteiger partial charge on any atom is -0.340 e. The Kier molecular flexibility index (Phi) is 5.84. The third kappa shape index (κ3) is 5.14. The first-order chi connectivity index (χ1) is 12.2. The van der Waals surface area contributed by atoms with Crippen LogP contribution in [0.15, 0.2) is 24.4 Å². The van der Waals surface area contributed by atoms with Gasteiger partial charge in [-0.2, -0.15) is 18.2 Å². The quantitative estimate of drug-likeness (QED) is 0.644. The van der Waals surface area contributed by atoms with Gasteiger partial charge in [0, 0.05) is 11.9 Å². The number of nitrogens with one attached hydrogen (secondary N) is 2. The number of aromatic nitrogens is 2. The van der Waals surface area contributed by atoms with Crippen LogP contribution < -0.4 is 10.0 Å². The number of nitrogens with zero attached hydrogens (tertiary/aromatic N) is 2. The highest BCUT2D eigenvalue weighted by atomic mass is 35.5. The second kappa shape index (κ2) is 7.33. The molecule has 0 saturated heterocycles. The highest BCUT2D eigenvalue weighted by Gasteiger charge is 2.35. The van der Waals surface area contributed by atoms with Crippen LogP contribution >= 0.6 is 23.2 Å². The normalized spacial score (nSPS) is 12.7. The molecule has 0 radical (unpaired) electrons. The average Bonchev–Trinajstić information content (AvgIpc) is 2.48. The van der Waals surface area contributed by atoms with E-state index in [0.29, 0.717) is 6.20 Å². The minimum atomic E-state index is -4.71. The van der Waals surface area contributed by atoms with Crippen LogP contribution in [-0.2, 0) is 16.2 Å². The van der Waals surface area contributed by atoms with Crippen LogP contribution in [0, 0.1) is 0 Å². The van der Waals surface area contributed by atoms with Gasteiger partial charge in [0.25, 0.3) is 0 Å². The maximum Gasteiger partial charge on any atom is 0.421 e. The van der Waals surface area contributed by atoms with Crippen LogP contribution in [0.1, 0.15) is 26.3 Å². The topological polar surface area (TPSA) is 84.0 Å². The molecule has 0 spiro atoms. The monoisotopic (exact) mass is 442 g/mol. The molecule has 1 aromatic heterocycles. The number of sulfonamides is 1. The van der Waals surface area contributed by atoms with Crippen molar-refractivity contribution in [3.8, 4) is 0 Å². The zero-order valence-corrected chi connectivity index (χ0v) is 16.6. The fourth-order valence-corrected chi connectivity index (χ4v) is 2.90. The summed E-state index contributed by atoms with van der Waals surface area (Å²) >= 11 is 11.6. The van der Waals surface area contributed by atoms with E-state index in [2.05, 4.69) is 20.0 Å². The molecule has 2 N–H and O–H groups in total. The highest BCUT2D eigenvalue weighted by Crippen LogP contribution is 2.36. The molecule has 0 unspecified atom stereocenters. The molecular weight excluding hydrogens is 428 g/mol. The van der Waals surface area contributed by atoms with Crippen LogP contribution in [0.4, 0.5) is 30.4 Å². The fourth-order valence-electron chi connectivity index (χ4n) is 1.78. The van der Waals surface area contributed by atoms with Crippen molar-refractivity contribution in [2.45, 2.75) is 31.7 Å². The molecule has 0 amide bonds. The molecule has 12 heteroatoms. The molecule has 0 aliphatic heterocycles. The predicted molar refractivity (Wildman–Crippen MR) is 99.1 cm³/mol. The van der Waals surface area contributed by atoms with Gasteiger partial charge in [-0.15, -0.1) is 0 Å². The van der Waals surface area contributed by atoms with Gasteiger partial charge in [0.2, 0.25) is 15.3 Å². The minimum absolute atomic E-state index is 0.00491. The van der Waals surface area contributed by atoms with E-state index in [1.807, 2.05) is 0 Å². The van der Waals surface area contributed by atoms with Gasteiger partial charge in [-0.1, -0.05) is 11.6 Å². The van der Waals surface area contributed by atoms with Gasteiger partial charge < -0.3 is 5.32 Å². The number of hydrogen-bond acceptors (Lipinski definition) is 5. The number of anilines is 3. The van der Waals surface area contributed by atoms with Crippen LogP contribution in [0.5, 0.6) is 0 Å². The van der Waals surface area contributed by atoms with Gasteiger partial charge >= 0.3 is 6.18 Å². The maximum atomic E-state index is 13.1. The third-order valence-corrected chi connectivity index (χ3v) is 5.96. The van der Waals surface area contributed by atoms with E-state index in [-0.39, 0.29) is 21.7 Å². The summed E-state index contributed by atoms with van der Waals surface area (Å²) in [7, 11) is -3.79. The molecule has 27 heavy (non-hydrogen) atoms. The molecule has 2 rings (SSSR count). The van der Waals surface area contributed by atoms with Gasteiger partial charge in [0.15, 0.2) is 0 Å². The lowest BCUT2D eigenvalue weighted by Crippen LogP contribution is -2.33. The Bertz CT molecular complexity index is 961. The summed E-state index contributed by atoms with van der Waals surface area (Å²) in [4.78, 5) is 6.89. The number of alkyl halides is 3. The second-order valence-electron chi connectivity index (χ2n) is 6.44. The summed E-state index contributed by atoms with van der Waals surface area (Å²) in [5.41, 5.74) is -1.00. The molecule has 148 valence electrons. The highest BCUT2D eigenvalue weighted by molar-refractivity contribution is 7.94. The zero-order valence-electron chi connectivity index (χ0n) is 14.3. The Morgan fingerprint density at radius 1 is 1.11 bits per heavy atom. The van der Waals surface area contributed by atoms with Crippen molar-refractivity contribution >= 4 is 50.4 Å². The molecule has 6 nitrogen and oxygen atoms in total. The standard InChI is InChI=1S/C15H15Cl2F3N4O2S/c1-14(2,3)27(25,26)24-11-6-8(4-5-10(11)16)22-12-9(15(18,19)20)7-21-13(17)23-12/h4-7,24H,1-3H3,(H,21,22,23). The fraction of sp³-hybridized carbons (Fsp3) is 0.333. The molecular formula is C15H15Cl2F3N4O2S. The molecule has 2 aromatic rings. The van der Waals surface area contributed by atoms with E-state index >= 15 is 0 Å². The Balaban J connectivity index is 2.42. The molecule has 0 atom stereocenters. The van der Waals surface area contributed by atoms with Crippen molar-refractivity contribution in [2.75, 3.05) is 10.0 Å². The first-order valence-corrected chi connectivity index (χ1v) is 9.63. The summed E-state index contributed by atoms with van der Waals surface area (Å²) in [5, 5.41) is 2.16. The number of benzene rings is 1. The van der Waals surface area contributed by atoms with E-state index in [0.717, 1.165) is 0 Å². The molecule has 0 aliphatic carbocycles. The maximum absolute atomic E-state index is 13.1. The number of rotatable bonds is 4. The van der Waals surface area contributed by atoms with E-state index in [1.165, 1.54) is 39.0 Å². The Labute approximate surface area is 164 Å². The largest absolute Gasteiger partial charge is 0.421 e. The van der Waals surface area contributed by atoms with Crippen LogP contribution in [0.2, 0.25) is 10.3 Å². The van der Waals surface area contributed by atoms with Crippen molar-refractivity contribution in [1.29, 1.82) is 0 Å². The lowest BCUT2D eigenvalue weighted by atomic mass is 10.2. The van der Waals surface area contributed by atoms with Crippen molar-refractivity contribution in [1.82, 2.24) is 9.97 Å². The van der Waals surface area contributed by atoms with Gasteiger partial charge in [-0.25, -0.2) is 13.4 Å². The Morgan fingerprint density at radius 2 is 1.74 bits per heavy atom. The van der Waals surface area contributed by atoms with Crippen LogP contribution in [0.25, 0.3) is 0 Å². The lowest BCUT2D eigenvalue weighted by molar-refractivity contribution is -0.137. The first-order valence-electron chi connectivity index (χ1n) is 7.39. The van der Waals surface area contributed by atoms with E-state index in [1.54, 1.807) is 0 Å². The van der Waals surface area contributed by atoms with Gasteiger partial charge in [-0.3, -0.25) is 4.72 Å². The molecule has 0 saturated carbocycles. The Hall–Kier alpha value is -1.78. The van der Waals surface area contributed by atoms with Crippen LogP contribution in [-0.4, -0.2) is 23.1 Å². The lowest BCUT2D eigenvalue weighted by Gasteiger charge is -2.21. The van der Waals surface area contributed by atoms with E-state index < -0.39 is 32.3 Å². The molecule has 0 bridgehead atoms. The van der Waals surface area contributed by atoms with Gasteiger partial charge in [-0.05, 0) is 50.6 Å². The summed E-state index contributed by atoms with van der Waals surface area (Å²) in [6.45, 7) is 4.47. The molecule has 1 heterocycles. The van der Waals surface area contributed by atoms with Crippen LogP contribution in [0.3, 0.4) is 0 Å². The summed E-state index contributed by atoms with van der Waals surface area (Å²) in [6.07, 6.45) is -4.16. The zero-order chi connectivity index (χ0) is 20.6. The van der Waals surface area contributed by atoms with Crippen molar-refractivity contribution in [2.24, 2.45) is 0 Å². The molecule has 0 fully saturated rings.